The smallest absolute Gasteiger partial charge is 0.339 e. The number of benzene rings is 1. The Morgan fingerprint density at radius 1 is 1.25 bits per heavy atom. The summed E-state index contributed by atoms with van der Waals surface area (Å²) in [5.41, 5.74) is 2.68. The summed E-state index contributed by atoms with van der Waals surface area (Å²) in [6, 6.07) is 8.55. The van der Waals surface area contributed by atoms with Crippen LogP contribution in [-0.2, 0) is 6.54 Å². The third kappa shape index (κ3) is 3.02. The van der Waals surface area contributed by atoms with Gasteiger partial charge in [-0.3, -0.25) is 9.89 Å². The molecule has 2 aromatic heterocycles. The third-order valence-corrected chi connectivity index (χ3v) is 3.61. The largest absolute Gasteiger partial charge is 0.478 e. The monoisotopic (exact) mass is 325 g/mol. The van der Waals surface area contributed by atoms with Crippen LogP contribution in [0, 0.1) is 6.92 Å². The average Bonchev–Trinajstić information content (AvgIpc) is 3.22. The molecule has 0 aliphatic rings. The van der Waals surface area contributed by atoms with E-state index >= 15 is 0 Å². The molecule has 0 aliphatic carbocycles. The van der Waals surface area contributed by atoms with Gasteiger partial charge in [0.2, 0.25) is 0 Å². The maximum absolute atomic E-state index is 12.1. The lowest BCUT2D eigenvalue weighted by atomic mass is 10.2. The van der Waals surface area contributed by atoms with E-state index in [0.29, 0.717) is 23.5 Å². The number of aromatic nitrogens is 4. The Bertz CT molecular complexity index is 866. The van der Waals surface area contributed by atoms with Crippen LogP contribution in [-0.4, -0.2) is 37.0 Å². The first-order chi connectivity index (χ1) is 11.6. The molecule has 0 radical (unpaired) electrons. The summed E-state index contributed by atoms with van der Waals surface area (Å²) in [5, 5.41) is 22.5. The van der Waals surface area contributed by atoms with Crippen LogP contribution in [0.15, 0.2) is 42.7 Å². The number of carbonyl (C=O) groups is 2. The number of hydrogen-bond acceptors (Lipinski definition) is 4. The number of aromatic amines is 1. The molecule has 2 heterocycles. The molecule has 0 aliphatic heterocycles. The van der Waals surface area contributed by atoms with Crippen molar-refractivity contribution in [2.24, 2.45) is 0 Å². The summed E-state index contributed by atoms with van der Waals surface area (Å²) in [6.45, 7) is 2.04. The average molecular weight is 325 g/mol. The topological polar surface area (TPSA) is 113 Å². The fourth-order valence-corrected chi connectivity index (χ4v) is 2.29. The van der Waals surface area contributed by atoms with Gasteiger partial charge < -0.3 is 10.4 Å². The van der Waals surface area contributed by atoms with Gasteiger partial charge in [-0.2, -0.15) is 10.2 Å². The highest BCUT2D eigenvalue weighted by Crippen LogP contribution is 2.15. The van der Waals surface area contributed by atoms with Crippen LogP contribution in [0.2, 0.25) is 0 Å². The predicted octanol–water partition coefficient (Wildman–Crippen LogP) is 1.53. The van der Waals surface area contributed by atoms with Gasteiger partial charge in [0.25, 0.3) is 5.91 Å². The number of carboxylic acid groups (broad SMARTS) is 1. The number of amides is 1. The van der Waals surface area contributed by atoms with E-state index in [4.69, 9.17) is 5.11 Å². The molecule has 0 unspecified atom stereocenters. The van der Waals surface area contributed by atoms with Gasteiger partial charge in [0, 0.05) is 11.8 Å². The number of aromatic carboxylic acids is 1. The highest BCUT2D eigenvalue weighted by molar-refractivity contribution is 5.94. The van der Waals surface area contributed by atoms with Gasteiger partial charge in [0.05, 0.1) is 29.8 Å². The van der Waals surface area contributed by atoms with E-state index in [1.807, 2.05) is 0 Å². The van der Waals surface area contributed by atoms with Gasteiger partial charge in [-0.1, -0.05) is 0 Å². The predicted molar refractivity (Wildman–Crippen MR) is 85.0 cm³/mol. The first kappa shape index (κ1) is 15.5. The summed E-state index contributed by atoms with van der Waals surface area (Å²) < 4.78 is 1.52. The third-order valence-electron chi connectivity index (χ3n) is 3.61. The summed E-state index contributed by atoms with van der Waals surface area (Å²) in [4.78, 5) is 23.2. The molecule has 0 fully saturated rings. The molecule has 3 N–H and O–H groups in total. The first-order valence-corrected chi connectivity index (χ1v) is 7.21. The second kappa shape index (κ2) is 6.37. The van der Waals surface area contributed by atoms with Crippen molar-refractivity contribution >= 4 is 11.9 Å². The van der Waals surface area contributed by atoms with Gasteiger partial charge >= 0.3 is 5.97 Å². The molecular formula is C16H15N5O3. The van der Waals surface area contributed by atoms with Crippen molar-refractivity contribution in [1.29, 1.82) is 0 Å². The molecule has 0 atom stereocenters. The quantitative estimate of drug-likeness (QED) is 0.658. The lowest BCUT2D eigenvalue weighted by molar-refractivity contribution is 0.0695. The minimum absolute atomic E-state index is 0.149. The highest BCUT2D eigenvalue weighted by atomic mass is 16.4. The van der Waals surface area contributed by atoms with Crippen LogP contribution in [0.3, 0.4) is 0 Å². The molecule has 24 heavy (non-hydrogen) atoms. The standard InChI is InChI=1S/C16H15N5O3/c1-10-14(16(23)24)9-19-21(10)13-4-2-11(3-5-13)15(22)17-8-12-6-7-18-20-12/h2-7,9H,8H2,1H3,(H,17,22)(H,18,20)(H,23,24). The van der Waals surface area contributed by atoms with E-state index in [9.17, 15) is 9.59 Å². The zero-order chi connectivity index (χ0) is 17.1. The molecule has 1 aromatic carbocycles. The highest BCUT2D eigenvalue weighted by Gasteiger charge is 2.14. The number of rotatable bonds is 5. The van der Waals surface area contributed by atoms with Crippen LogP contribution < -0.4 is 5.32 Å². The molecule has 0 bridgehead atoms. The van der Waals surface area contributed by atoms with Gasteiger partial charge in [-0.05, 0) is 37.3 Å². The Morgan fingerprint density at radius 2 is 2.00 bits per heavy atom. The van der Waals surface area contributed by atoms with Crippen molar-refractivity contribution < 1.29 is 14.7 Å². The SMILES string of the molecule is Cc1c(C(=O)O)cnn1-c1ccc(C(=O)NCc2ccn[nH]2)cc1. The van der Waals surface area contributed by atoms with E-state index in [1.165, 1.54) is 10.9 Å². The maximum atomic E-state index is 12.1. The number of H-pyrrole nitrogens is 1. The lowest BCUT2D eigenvalue weighted by Crippen LogP contribution is -2.22. The maximum Gasteiger partial charge on any atom is 0.339 e. The Kier molecular flexibility index (Phi) is 4.11. The zero-order valence-electron chi connectivity index (χ0n) is 12.9. The van der Waals surface area contributed by atoms with Crippen molar-refractivity contribution in [3.63, 3.8) is 0 Å². The molecule has 122 valence electrons. The molecule has 3 rings (SSSR count). The lowest BCUT2D eigenvalue weighted by Gasteiger charge is -2.07. The fourth-order valence-electron chi connectivity index (χ4n) is 2.29. The summed E-state index contributed by atoms with van der Waals surface area (Å²) >= 11 is 0. The van der Waals surface area contributed by atoms with Gasteiger partial charge in [-0.25, -0.2) is 9.48 Å². The Hall–Kier alpha value is -3.42. The molecule has 0 saturated heterocycles. The number of carboxylic acids is 1. The van der Waals surface area contributed by atoms with Crippen molar-refractivity contribution in [3.05, 3.63) is 65.2 Å². The van der Waals surface area contributed by atoms with Crippen LogP contribution >= 0.6 is 0 Å². The second-order valence-corrected chi connectivity index (χ2v) is 5.17. The number of nitrogens with zero attached hydrogens (tertiary/aromatic N) is 3. The van der Waals surface area contributed by atoms with Crippen molar-refractivity contribution in [3.8, 4) is 5.69 Å². The summed E-state index contributed by atoms with van der Waals surface area (Å²) in [6.07, 6.45) is 2.93. The van der Waals surface area contributed by atoms with Gasteiger partial charge in [0.1, 0.15) is 5.56 Å². The molecule has 0 saturated carbocycles. The van der Waals surface area contributed by atoms with Gasteiger partial charge in [0.15, 0.2) is 0 Å². The van der Waals surface area contributed by atoms with E-state index in [2.05, 4.69) is 20.6 Å². The Labute approximate surface area is 137 Å². The molecular weight excluding hydrogens is 310 g/mol. The molecule has 8 heteroatoms. The van der Waals surface area contributed by atoms with E-state index in [-0.39, 0.29) is 11.5 Å². The zero-order valence-corrected chi connectivity index (χ0v) is 12.9. The Morgan fingerprint density at radius 3 is 2.58 bits per heavy atom. The molecule has 3 aromatic rings. The summed E-state index contributed by atoms with van der Waals surface area (Å²) in [5.74, 6) is -1.23. The first-order valence-electron chi connectivity index (χ1n) is 7.21. The van der Waals surface area contributed by atoms with Crippen molar-refractivity contribution in [2.45, 2.75) is 13.5 Å². The van der Waals surface area contributed by atoms with Gasteiger partial charge in [-0.15, -0.1) is 0 Å². The van der Waals surface area contributed by atoms with E-state index < -0.39 is 5.97 Å². The van der Waals surface area contributed by atoms with E-state index in [0.717, 1.165) is 5.69 Å². The molecule has 8 nitrogen and oxygen atoms in total. The van der Waals surface area contributed by atoms with Crippen LogP contribution in [0.1, 0.15) is 32.1 Å². The fraction of sp³-hybridized carbons (Fsp3) is 0.125. The van der Waals surface area contributed by atoms with Crippen LogP contribution in [0.4, 0.5) is 0 Å². The van der Waals surface area contributed by atoms with Crippen LogP contribution in [0.5, 0.6) is 0 Å². The molecule has 1 amide bonds. The number of carbonyl (C=O) groups excluding carboxylic acids is 1. The van der Waals surface area contributed by atoms with Crippen LogP contribution in [0.25, 0.3) is 5.69 Å². The van der Waals surface area contributed by atoms with Crippen molar-refractivity contribution in [2.75, 3.05) is 0 Å². The second-order valence-electron chi connectivity index (χ2n) is 5.17. The summed E-state index contributed by atoms with van der Waals surface area (Å²) in [7, 11) is 0. The van der Waals surface area contributed by atoms with Crippen molar-refractivity contribution in [1.82, 2.24) is 25.3 Å². The minimum atomic E-state index is -1.02. The molecule has 0 spiro atoms. The van der Waals surface area contributed by atoms with E-state index in [1.54, 1.807) is 43.5 Å². The number of nitrogens with one attached hydrogen (secondary N) is 2. The normalized spacial score (nSPS) is 10.5. The number of hydrogen-bond donors (Lipinski definition) is 3. The Balaban J connectivity index is 1.73. The minimum Gasteiger partial charge on any atom is -0.478 e.